The summed E-state index contributed by atoms with van der Waals surface area (Å²) in [5.74, 6) is 0.364. The van der Waals surface area contributed by atoms with Gasteiger partial charge in [-0.2, -0.15) is 4.68 Å². The topological polar surface area (TPSA) is 124 Å². The highest BCUT2D eigenvalue weighted by molar-refractivity contribution is 7.99. The van der Waals surface area contributed by atoms with Crippen LogP contribution in [0.4, 0.5) is 5.69 Å². The fourth-order valence-corrected chi connectivity index (χ4v) is 5.94. The van der Waals surface area contributed by atoms with Gasteiger partial charge in [-0.3, -0.25) is 9.78 Å². The molecule has 0 spiro atoms. The molecule has 0 saturated carbocycles. The van der Waals surface area contributed by atoms with Gasteiger partial charge in [0.25, 0.3) is 5.91 Å². The number of carbonyl (C=O) groups is 1. The number of hydrogen-bond acceptors (Lipinski definition) is 9. The van der Waals surface area contributed by atoms with Gasteiger partial charge in [-0.15, -0.1) is 5.10 Å². The molecule has 1 aliphatic heterocycles. The molecule has 11 heteroatoms. The largest absolute Gasteiger partial charge is 0.392 e. The maximum absolute atomic E-state index is 12.6. The number of carbonyl (C=O) groups excluding carboxylic acids is 1. The molecule has 2 N–H and O–H groups in total. The number of aromatic nitrogens is 5. The van der Waals surface area contributed by atoms with Gasteiger partial charge in [-0.1, -0.05) is 73.3 Å². The normalized spacial score (nSPS) is 20.0. The van der Waals surface area contributed by atoms with Crippen LogP contribution in [0.3, 0.4) is 0 Å². The van der Waals surface area contributed by atoms with Crippen LogP contribution in [0.5, 0.6) is 0 Å². The molecule has 1 amide bonds. The number of rotatable bonds is 9. The van der Waals surface area contributed by atoms with Crippen LogP contribution in [0, 0.1) is 5.92 Å². The molecule has 3 aromatic carbocycles. The zero-order valence-corrected chi connectivity index (χ0v) is 24.2. The first-order chi connectivity index (χ1) is 21.1. The maximum atomic E-state index is 12.6. The van der Waals surface area contributed by atoms with Crippen LogP contribution in [-0.2, 0) is 16.1 Å². The number of pyridine rings is 1. The molecule has 0 aliphatic carbocycles. The lowest BCUT2D eigenvalue weighted by atomic mass is 9.91. The summed E-state index contributed by atoms with van der Waals surface area (Å²) in [5.41, 5.74) is 4.68. The molecular weight excluding hydrogens is 564 g/mol. The van der Waals surface area contributed by atoms with Crippen LogP contribution in [0.15, 0.2) is 109 Å². The van der Waals surface area contributed by atoms with Crippen molar-refractivity contribution >= 4 is 23.4 Å². The highest BCUT2D eigenvalue weighted by atomic mass is 32.2. The molecule has 4 atom stereocenters. The van der Waals surface area contributed by atoms with E-state index in [9.17, 15) is 9.90 Å². The number of aliphatic hydroxyl groups excluding tert-OH is 1. The van der Waals surface area contributed by atoms with Gasteiger partial charge >= 0.3 is 0 Å². The highest BCUT2D eigenvalue weighted by Crippen LogP contribution is 2.43. The second kappa shape index (κ2) is 13.3. The van der Waals surface area contributed by atoms with Gasteiger partial charge in [-0.25, -0.2) is 0 Å². The number of tetrazole rings is 1. The summed E-state index contributed by atoms with van der Waals surface area (Å²) in [6.07, 6.45) is 2.06. The second-order valence-corrected chi connectivity index (χ2v) is 11.1. The van der Waals surface area contributed by atoms with Gasteiger partial charge in [0.1, 0.15) is 0 Å². The zero-order valence-electron chi connectivity index (χ0n) is 23.4. The Labute approximate surface area is 253 Å². The second-order valence-electron chi connectivity index (χ2n) is 10.2. The van der Waals surface area contributed by atoms with Crippen LogP contribution in [-0.4, -0.2) is 48.1 Å². The number of anilines is 1. The van der Waals surface area contributed by atoms with Gasteiger partial charge in [-0.05, 0) is 58.0 Å². The number of aliphatic hydroxyl groups is 1. The Balaban J connectivity index is 1.21. The number of nitrogens with zero attached hydrogens (tertiary/aromatic N) is 5. The lowest BCUT2D eigenvalue weighted by Crippen LogP contribution is -2.38. The van der Waals surface area contributed by atoms with Crippen molar-refractivity contribution in [3.05, 3.63) is 126 Å². The standard InChI is InChI=1S/C32H30N6O4S/c1-21-28(20-43-32-35-36-37-38(32)27-7-3-2-4-8-27)41-31(42-29(21)23-11-9-22(19-39)10-12-23)24-13-15-26(16-14-24)34-30(40)25-6-5-17-33-18-25/h2-18,21,28-29,31,39H,19-20H2,1H3,(H,34,40)/t21-,28+,29+,31+/m1/s1. The van der Waals surface area contributed by atoms with E-state index in [1.54, 1.807) is 23.0 Å². The molecule has 3 heterocycles. The van der Waals surface area contributed by atoms with Crippen LogP contribution >= 0.6 is 11.8 Å². The van der Waals surface area contributed by atoms with E-state index in [1.807, 2.05) is 78.9 Å². The van der Waals surface area contributed by atoms with Crippen molar-refractivity contribution in [1.29, 1.82) is 0 Å². The minimum atomic E-state index is -0.641. The number of hydrogen-bond donors (Lipinski definition) is 2. The molecule has 10 nitrogen and oxygen atoms in total. The Morgan fingerprint density at radius 1 is 0.953 bits per heavy atom. The Morgan fingerprint density at radius 2 is 1.72 bits per heavy atom. The molecular formula is C32H30N6O4S. The van der Waals surface area contributed by atoms with Crippen LogP contribution in [0.2, 0.25) is 0 Å². The highest BCUT2D eigenvalue weighted by Gasteiger charge is 2.38. The smallest absolute Gasteiger partial charge is 0.257 e. The van der Waals surface area contributed by atoms with Gasteiger partial charge < -0.3 is 19.9 Å². The summed E-state index contributed by atoms with van der Waals surface area (Å²) in [6.45, 7) is 2.09. The minimum absolute atomic E-state index is 0.00262. The van der Waals surface area contributed by atoms with Crippen molar-refractivity contribution in [2.75, 3.05) is 11.1 Å². The monoisotopic (exact) mass is 594 g/mol. The minimum Gasteiger partial charge on any atom is -0.392 e. The summed E-state index contributed by atoms with van der Waals surface area (Å²) in [7, 11) is 0. The summed E-state index contributed by atoms with van der Waals surface area (Å²) in [4.78, 5) is 16.6. The zero-order chi connectivity index (χ0) is 29.6. The molecule has 0 radical (unpaired) electrons. The van der Waals surface area contributed by atoms with E-state index in [4.69, 9.17) is 9.47 Å². The van der Waals surface area contributed by atoms with Gasteiger partial charge in [0.05, 0.1) is 30.1 Å². The van der Waals surface area contributed by atoms with Crippen molar-refractivity contribution in [1.82, 2.24) is 25.2 Å². The van der Waals surface area contributed by atoms with Crippen LogP contribution in [0.25, 0.3) is 5.69 Å². The van der Waals surface area contributed by atoms with E-state index in [0.717, 1.165) is 22.4 Å². The van der Waals surface area contributed by atoms with E-state index < -0.39 is 6.29 Å². The number of ether oxygens (including phenoxy) is 2. The summed E-state index contributed by atoms with van der Waals surface area (Å²) < 4.78 is 14.8. The Bertz CT molecular complexity index is 1630. The summed E-state index contributed by atoms with van der Waals surface area (Å²) >= 11 is 1.53. The summed E-state index contributed by atoms with van der Waals surface area (Å²) in [6, 6.07) is 28.5. The van der Waals surface area contributed by atoms with Gasteiger partial charge in [0.2, 0.25) is 5.16 Å². The average molecular weight is 595 g/mol. The maximum Gasteiger partial charge on any atom is 0.257 e. The SMILES string of the molecule is C[C@@H]1[C@H](CSc2nnnn2-c2ccccc2)O[C@H](c2ccc(NC(=O)c3cccnc3)cc2)O[C@@H]1c1ccc(CO)cc1. The van der Waals surface area contributed by atoms with Crippen molar-refractivity contribution in [3.63, 3.8) is 0 Å². The van der Waals surface area contributed by atoms with Crippen LogP contribution in [0.1, 0.15) is 46.4 Å². The molecule has 218 valence electrons. The first kappa shape index (κ1) is 28.7. The summed E-state index contributed by atoms with van der Waals surface area (Å²) in [5, 5.41) is 25.4. The first-order valence-corrected chi connectivity index (χ1v) is 14.9. The van der Waals surface area contributed by atoms with Crippen molar-refractivity contribution in [2.45, 2.75) is 37.2 Å². The molecule has 0 bridgehead atoms. The Hall–Kier alpha value is -4.42. The number of nitrogens with one attached hydrogen (secondary N) is 1. The van der Waals surface area contributed by atoms with E-state index in [-0.39, 0.29) is 30.6 Å². The predicted octanol–water partition coefficient (Wildman–Crippen LogP) is 5.39. The average Bonchev–Trinajstić information content (AvgIpc) is 3.54. The fourth-order valence-electron chi connectivity index (χ4n) is 4.89. The molecule has 2 aromatic heterocycles. The van der Waals surface area contributed by atoms with E-state index in [1.165, 1.54) is 18.0 Å². The quantitative estimate of drug-likeness (QED) is 0.216. The van der Waals surface area contributed by atoms with Gasteiger partial charge in [0, 0.05) is 35.3 Å². The molecule has 0 unspecified atom stereocenters. The third-order valence-electron chi connectivity index (χ3n) is 7.31. The molecule has 1 aliphatic rings. The molecule has 43 heavy (non-hydrogen) atoms. The number of para-hydroxylation sites is 1. The van der Waals surface area contributed by atoms with E-state index in [2.05, 4.69) is 32.7 Å². The molecule has 6 rings (SSSR count). The van der Waals surface area contributed by atoms with Gasteiger partial charge in [0.15, 0.2) is 6.29 Å². The Morgan fingerprint density at radius 3 is 2.44 bits per heavy atom. The third kappa shape index (κ3) is 6.65. The third-order valence-corrected chi connectivity index (χ3v) is 8.31. The van der Waals surface area contributed by atoms with Crippen LogP contribution < -0.4 is 5.32 Å². The first-order valence-electron chi connectivity index (χ1n) is 13.9. The van der Waals surface area contributed by atoms with E-state index >= 15 is 0 Å². The fraction of sp³-hybridized carbons (Fsp3) is 0.219. The molecule has 1 fully saturated rings. The van der Waals surface area contributed by atoms with Crippen molar-refractivity contribution in [3.8, 4) is 5.69 Å². The number of thioether (sulfide) groups is 1. The number of amides is 1. The van der Waals surface area contributed by atoms with Crippen molar-refractivity contribution in [2.24, 2.45) is 5.92 Å². The molecule has 1 saturated heterocycles. The van der Waals surface area contributed by atoms with E-state index in [0.29, 0.717) is 22.2 Å². The predicted molar refractivity (Wildman–Crippen MR) is 161 cm³/mol. The number of benzene rings is 3. The van der Waals surface area contributed by atoms with Crippen molar-refractivity contribution < 1.29 is 19.4 Å². The lowest BCUT2D eigenvalue weighted by molar-refractivity contribution is -0.268. The molecule has 5 aromatic rings. The Kier molecular flexibility index (Phi) is 8.85. The lowest BCUT2D eigenvalue weighted by Gasteiger charge is -2.41.